The molecule has 0 fully saturated rings. The largest absolute Gasteiger partial charge is 0.369 e. The Kier molecular flexibility index (Phi) is 4.13. The van der Waals surface area contributed by atoms with Crippen LogP contribution in [0.3, 0.4) is 0 Å². The highest BCUT2D eigenvalue weighted by atomic mass is 35.5. The van der Waals surface area contributed by atoms with Crippen LogP contribution in [0.2, 0.25) is 5.15 Å². The Balaban J connectivity index is 1.95. The van der Waals surface area contributed by atoms with Gasteiger partial charge in [0, 0.05) is 6.20 Å². The number of aromatic nitrogens is 1. The molecule has 2 aromatic rings. The second kappa shape index (κ2) is 5.80. The lowest BCUT2D eigenvalue weighted by Gasteiger charge is -2.13. The predicted molar refractivity (Wildman–Crippen MR) is 68.9 cm³/mol. The maximum atomic E-state index is 5.81. The molecule has 0 amide bonds. The van der Waals surface area contributed by atoms with Gasteiger partial charge in [-0.25, -0.2) is 4.98 Å². The molecule has 0 radical (unpaired) electrons. The lowest BCUT2D eigenvalue weighted by molar-refractivity contribution is 0.0525. The second-order valence-corrected chi connectivity index (χ2v) is 4.24. The van der Waals surface area contributed by atoms with E-state index >= 15 is 0 Å². The number of nitrogens with zero attached hydrogens (tertiary/aromatic N) is 1. The Hall–Kier alpha value is -1.38. The van der Waals surface area contributed by atoms with Crippen LogP contribution in [0.4, 0.5) is 0 Å². The molecule has 0 saturated carbocycles. The quantitative estimate of drug-likeness (QED) is 0.762. The molecule has 0 saturated heterocycles. The molecule has 1 unspecified atom stereocenters. The van der Waals surface area contributed by atoms with E-state index in [1.54, 1.807) is 6.20 Å². The zero-order chi connectivity index (χ0) is 12.1. The average molecular weight is 248 g/mol. The molecule has 1 heterocycles. The molecule has 0 bridgehead atoms. The highest BCUT2D eigenvalue weighted by Gasteiger charge is 2.05. The maximum Gasteiger partial charge on any atom is 0.129 e. The van der Waals surface area contributed by atoms with Gasteiger partial charge in [-0.1, -0.05) is 41.9 Å². The van der Waals surface area contributed by atoms with E-state index in [1.165, 1.54) is 5.56 Å². The van der Waals surface area contributed by atoms with Crippen LogP contribution in [0.5, 0.6) is 0 Å². The van der Waals surface area contributed by atoms with Crippen LogP contribution in [0.1, 0.15) is 24.2 Å². The molecule has 0 aliphatic rings. The minimum absolute atomic E-state index is 0.0724. The summed E-state index contributed by atoms with van der Waals surface area (Å²) in [6.45, 7) is 2.58. The summed E-state index contributed by atoms with van der Waals surface area (Å²) in [5.41, 5.74) is 2.21. The number of benzene rings is 1. The van der Waals surface area contributed by atoms with E-state index in [-0.39, 0.29) is 6.10 Å². The molecule has 0 aliphatic carbocycles. The lowest BCUT2D eigenvalue weighted by atomic mass is 10.1. The Morgan fingerprint density at radius 1 is 1.24 bits per heavy atom. The fourth-order valence-corrected chi connectivity index (χ4v) is 1.77. The summed E-state index contributed by atoms with van der Waals surface area (Å²) >= 11 is 5.81. The third kappa shape index (κ3) is 3.55. The summed E-state index contributed by atoms with van der Waals surface area (Å²) in [7, 11) is 0. The van der Waals surface area contributed by atoms with Gasteiger partial charge in [-0.3, -0.25) is 0 Å². The van der Waals surface area contributed by atoms with Gasteiger partial charge in [-0.05, 0) is 30.2 Å². The van der Waals surface area contributed by atoms with Crippen molar-refractivity contribution in [2.45, 2.75) is 19.6 Å². The Morgan fingerprint density at radius 3 is 2.71 bits per heavy atom. The second-order valence-electron chi connectivity index (χ2n) is 3.85. The number of pyridine rings is 1. The van der Waals surface area contributed by atoms with Crippen LogP contribution in [-0.4, -0.2) is 4.98 Å². The SMILES string of the molecule is CC(OCc1ccnc(Cl)c1)c1ccccc1. The minimum Gasteiger partial charge on any atom is -0.369 e. The summed E-state index contributed by atoms with van der Waals surface area (Å²) in [4.78, 5) is 3.93. The molecule has 2 nitrogen and oxygen atoms in total. The van der Waals surface area contributed by atoms with Gasteiger partial charge >= 0.3 is 0 Å². The topological polar surface area (TPSA) is 22.1 Å². The molecule has 2 rings (SSSR count). The van der Waals surface area contributed by atoms with Crippen LogP contribution >= 0.6 is 11.6 Å². The van der Waals surface area contributed by atoms with Gasteiger partial charge in [-0.2, -0.15) is 0 Å². The number of halogens is 1. The third-order valence-corrected chi connectivity index (χ3v) is 2.77. The van der Waals surface area contributed by atoms with Crippen LogP contribution in [0.15, 0.2) is 48.7 Å². The summed E-state index contributed by atoms with van der Waals surface area (Å²) in [5.74, 6) is 0. The van der Waals surface area contributed by atoms with Crippen molar-refractivity contribution in [2.24, 2.45) is 0 Å². The summed E-state index contributed by atoms with van der Waals surface area (Å²) in [6.07, 6.45) is 1.76. The van der Waals surface area contributed by atoms with E-state index < -0.39 is 0 Å². The fourth-order valence-electron chi connectivity index (χ4n) is 1.57. The number of hydrogen-bond donors (Lipinski definition) is 0. The van der Waals surface area contributed by atoms with Gasteiger partial charge in [-0.15, -0.1) is 0 Å². The van der Waals surface area contributed by atoms with E-state index in [0.717, 1.165) is 5.56 Å². The monoisotopic (exact) mass is 247 g/mol. The van der Waals surface area contributed by atoms with Crippen molar-refractivity contribution in [3.8, 4) is 0 Å². The van der Waals surface area contributed by atoms with Gasteiger partial charge in [0.15, 0.2) is 0 Å². The van der Waals surface area contributed by atoms with Crippen molar-refractivity contribution < 1.29 is 4.74 Å². The number of ether oxygens (including phenoxy) is 1. The van der Waals surface area contributed by atoms with E-state index in [4.69, 9.17) is 16.3 Å². The molecule has 0 N–H and O–H groups in total. The van der Waals surface area contributed by atoms with E-state index in [9.17, 15) is 0 Å². The van der Waals surface area contributed by atoms with Crippen molar-refractivity contribution in [3.05, 3.63) is 64.9 Å². The van der Waals surface area contributed by atoms with Gasteiger partial charge in [0.2, 0.25) is 0 Å². The first-order chi connectivity index (χ1) is 8.25. The molecular weight excluding hydrogens is 234 g/mol. The fraction of sp³-hybridized carbons (Fsp3) is 0.214. The van der Waals surface area contributed by atoms with Crippen LogP contribution in [0.25, 0.3) is 0 Å². The minimum atomic E-state index is 0.0724. The van der Waals surface area contributed by atoms with E-state index in [1.807, 2.05) is 37.3 Å². The van der Waals surface area contributed by atoms with Gasteiger partial charge in [0.25, 0.3) is 0 Å². The zero-order valence-electron chi connectivity index (χ0n) is 9.64. The first-order valence-corrected chi connectivity index (χ1v) is 5.90. The first-order valence-electron chi connectivity index (χ1n) is 5.52. The van der Waals surface area contributed by atoms with Gasteiger partial charge < -0.3 is 4.74 Å². The number of rotatable bonds is 4. The molecule has 17 heavy (non-hydrogen) atoms. The molecule has 1 atom stereocenters. The average Bonchev–Trinajstić information content (AvgIpc) is 2.37. The van der Waals surface area contributed by atoms with Gasteiger partial charge in [0.05, 0.1) is 12.7 Å². The molecule has 0 aliphatic heterocycles. The normalized spacial score (nSPS) is 12.4. The summed E-state index contributed by atoms with van der Waals surface area (Å²) in [5, 5.41) is 0.499. The van der Waals surface area contributed by atoms with E-state index in [2.05, 4.69) is 17.1 Å². The Bertz CT molecular complexity index is 473. The zero-order valence-corrected chi connectivity index (χ0v) is 10.4. The highest BCUT2D eigenvalue weighted by Crippen LogP contribution is 2.18. The van der Waals surface area contributed by atoms with Crippen LogP contribution in [-0.2, 0) is 11.3 Å². The third-order valence-electron chi connectivity index (χ3n) is 2.56. The van der Waals surface area contributed by atoms with Crippen LogP contribution < -0.4 is 0 Å². The van der Waals surface area contributed by atoms with Crippen molar-refractivity contribution >= 4 is 11.6 Å². The molecular formula is C14H14ClNO. The lowest BCUT2D eigenvalue weighted by Crippen LogP contribution is -2.00. The van der Waals surface area contributed by atoms with Crippen molar-refractivity contribution in [2.75, 3.05) is 0 Å². The Labute approximate surface area is 106 Å². The smallest absolute Gasteiger partial charge is 0.129 e. The highest BCUT2D eigenvalue weighted by molar-refractivity contribution is 6.29. The number of hydrogen-bond acceptors (Lipinski definition) is 2. The predicted octanol–water partition coefficient (Wildman–Crippen LogP) is 4.01. The molecule has 88 valence electrons. The van der Waals surface area contributed by atoms with Crippen molar-refractivity contribution in [1.82, 2.24) is 4.98 Å². The summed E-state index contributed by atoms with van der Waals surface area (Å²) in [6, 6.07) is 13.9. The standard InChI is InChI=1S/C14H14ClNO/c1-11(13-5-3-2-4-6-13)17-10-12-7-8-16-14(15)9-12/h2-9,11H,10H2,1H3. The first kappa shape index (κ1) is 12.1. The molecule has 3 heteroatoms. The van der Waals surface area contributed by atoms with Crippen molar-refractivity contribution in [1.29, 1.82) is 0 Å². The van der Waals surface area contributed by atoms with Gasteiger partial charge in [0.1, 0.15) is 5.15 Å². The molecule has 1 aromatic carbocycles. The maximum absolute atomic E-state index is 5.81. The van der Waals surface area contributed by atoms with Crippen LogP contribution in [0, 0.1) is 0 Å². The molecule has 1 aromatic heterocycles. The summed E-state index contributed by atoms with van der Waals surface area (Å²) < 4.78 is 5.78. The molecule has 0 spiro atoms. The van der Waals surface area contributed by atoms with Crippen molar-refractivity contribution in [3.63, 3.8) is 0 Å². The van der Waals surface area contributed by atoms with E-state index in [0.29, 0.717) is 11.8 Å². The Morgan fingerprint density at radius 2 is 2.00 bits per heavy atom.